The molecule has 0 aliphatic carbocycles. The topological polar surface area (TPSA) is 57.1 Å². The summed E-state index contributed by atoms with van der Waals surface area (Å²) >= 11 is 0. The van der Waals surface area contributed by atoms with Crippen molar-refractivity contribution in [2.24, 2.45) is 7.05 Å². The van der Waals surface area contributed by atoms with E-state index in [1.54, 1.807) is 17.7 Å². The second-order valence-electron chi connectivity index (χ2n) is 9.47. The maximum atomic E-state index is 11.9. The molecule has 6 heteroatoms. The van der Waals surface area contributed by atoms with E-state index in [2.05, 4.69) is 64.3 Å². The zero-order chi connectivity index (χ0) is 24.3. The number of hydrogen-bond donors (Lipinski definition) is 0. The second kappa shape index (κ2) is 7.97. The second-order valence-corrected chi connectivity index (χ2v) is 9.47. The van der Waals surface area contributed by atoms with Crippen LogP contribution in [0.25, 0.3) is 27.8 Å². The number of hydrogen-bond acceptors (Lipinski definition) is 3. The maximum absolute atomic E-state index is 11.9. The van der Waals surface area contributed by atoms with Crippen LogP contribution in [0.5, 0.6) is 0 Å². The molecule has 6 nitrogen and oxygen atoms in total. The van der Waals surface area contributed by atoms with E-state index in [-0.39, 0.29) is 5.56 Å². The third kappa shape index (κ3) is 3.36. The SMILES string of the molecule is CCc1cc2c(C)nc3c(-c4c(C)cc(C)cc4C)c(C)nn3c2n1Cc1ccc(=O)n(C)c1. The van der Waals surface area contributed by atoms with Gasteiger partial charge in [0.2, 0.25) is 5.56 Å². The maximum Gasteiger partial charge on any atom is 0.250 e. The zero-order valence-corrected chi connectivity index (χ0v) is 21.0. The Bertz CT molecular complexity index is 1620. The Kier molecular flexibility index (Phi) is 5.19. The van der Waals surface area contributed by atoms with Gasteiger partial charge in [-0.25, -0.2) is 4.98 Å². The van der Waals surface area contributed by atoms with Crippen LogP contribution in [0.3, 0.4) is 0 Å². The molecule has 5 aromatic rings. The fraction of sp³-hybridized carbons (Fsp3) is 0.321. The van der Waals surface area contributed by atoms with Gasteiger partial charge in [-0.2, -0.15) is 9.61 Å². The molecule has 0 bridgehead atoms. The predicted octanol–water partition coefficient (Wildman–Crippen LogP) is 5.20. The average molecular weight is 454 g/mol. The molecule has 0 amide bonds. The predicted molar refractivity (Wildman–Crippen MR) is 138 cm³/mol. The number of aryl methyl sites for hydroxylation is 7. The molecule has 0 radical (unpaired) electrons. The highest BCUT2D eigenvalue weighted by molar-refractivity contribution is 5.90. The average Bonchev–Trinajstić information content (AvgIpc) is 3.28. The summed E-state index contributed by atoms with van der Waals surface area (Å²) in [6, 6.07) is 10.2. The molecule has 0 aliphatic rings. The van der Waals surface area contributed by atoms with Crippen molar-refractivity contribution in [2.75, 3.05) is 0 Å². The van der Waals surface area contributed by atoms with Gasteiger partial charge in [-0.3, -0.25) is 4.79 Å². The lowest BCUT2D eigenvalue weighted by Crippen LogP contribution is -2.16. The summed E-state index contributed by atoms with van der Waals surface area (Å²) in [7, 11) is 1.79. The molecular weight excluding hydrogens is 422 g/mol. The number of benzene rings is 1. The first-order chi connectivity index (χ1) is 16.2. The first-order valence-electron chi connectivity index (χ1n) is 11.8. The van der Waals surface area contributed by atoms with Gasteiger partial charge in [0, 0.05) is 30.4 Å². The van der Waals surface area contributed by atoms with Crippen molar-refractivity contribution in [1.29, 1.82) is 0 Å². The summed E-state index contributed by atoms with van der Waals surface area (Å²) in [6.45, 7) is 13.5. The fourth-order valence-electron chi connectivity index (χ4n) is 5.33. The highest BCUT2D eigenvalue weighted by atomic mass is 16.1. The van der Waals surface area contributed by atoms with E-state index >= 15 is 0 Å². The molecule has 0 atom stereocenters. The Hall–Kier alpha value is -3.67. The van der Waals surface area contributed by atoms with Gasteiger partial charge in [-0.15, -0.1) is 0 Å². The van der Waals surface area contributed by atoms with Crippen LogP contribution in [0.4, 0.5) is 0 Å². The van der Waals surface area contributed by atoms with Crippen molar-refractivity contribution >= 4 is 16.7 Å². The lowest BCUT2D eigenvalue weighted by Gasteiger charge is -2.13. The fourth-order valence-corrected chi connectivity index (χ4v) is 5.33. The highest BCUT2D eigenvalue weighted by Crippen LogP contribution is 2.36. The smallest absolute Gasteiger partial charge is 0.250 e. The quantitative estimate of drug-likeness (QED) is 0.376. The van der Waals surface area contributed by atoms with Crippen molar-refractivity contribution in [2.45, 2.75) is 54.5 Å². The van der Waals surface area contributed by atoms with Crippen molar-refractivity contribution in [3.05, 3.63) is 86.2 Å². The Balaban J connectivity index is 1.83. The largest absolute Gasteiger partial charge is 0.325 e. The monoisotopic (exact) mass is 453 g/mol. The Morgan fingerprint density at radius 2 is 1.62 bits per heavy atom. The summed E-state index contributed by atoms with van der Waals surface area (Å²) < 4.78 is 5.98. The van der Waals surface area contributed by atoms with Crippen LogP contribution in [0.2, 0.25) is 0 Å². The highest BCUT2D eigenvalue weighted by Gasteiger charge is 2.22. The molecule has 5 rings (SSSR count). The Morgan fingerprint density at radius 1 is 0.912 bits per heavy atom. The molecule has 0 aliphatic heterocycles. The van der Waals surface area contributed by atoms with E-state index in [1.165, 1.54) is 27.9 Å². The molecule has 4 aromatic heterocycles. The van der Waals surface area contributed by atoms with Gasteiger partial charge >= 0.3 is 0 Å². The van der Waals surface area contributed by atoms with Crippen LogP contribution in [-0.2, 0) is 20.0 Å². The molecule has 0 N–H and O–H groups in total. The van der Waals surface area contributed by atoms with E-state index in [9.17, 15) is 4.79 Å². The first kappa shape index (κ1) is 22.1. The van der Waals surface area contributed by atoms with Crippen molar-refractivity contribution in [3.63, 3.8) is 0 Å². The molecule has 0 spiro atoms. The van der Waals surface area contributed by atoms with E-state index in [0.29, 0.717) is 6.54 Å². The lowest BCUT2D eigenvalue weighted by molar-refractivity contribution is 0.734. The number of fused-ring (bicyclic) bond motifs is 3. The Labute approximate surface area is 199 Å². The number of nitrogens with zero attached hydrogens (tertiary/aromatic N) is 5. The summed E-state index contributed by atoms with van der Waals surface area (Å²) in [5.41, 5.74) is 12.3. The van der Waals surface area contributed by atoms with Gasteiger partial charge in [0.15, 0.2) is 5.65 Å². The number of rotatable bonds is 4. The van der Waals surface area contributed by atoms with Crippen LogP contribution in [-0.4, -0.2) is 23.7 Å². The third-order valence-corrected chi connectivity index (χ3v) is 6.83. The lowest BCUT2D eigenvalue weighted by atomic mass is 9.94. The van der Waals surface area contributed by atoms with E-state index in [0.717, 1.165) is 45.6 Å². The standard InChI is InChI=1S/C28H31N5O/c1-8-22-13-23-19(5)29-27-26(25-17(3)11-16(2)12-18(25)4)20(6)30-33(27)28(23)32(22)15-21-9-10-24(34)31(7)14-21/h9-14H,8,15H2,1-7H3. The minimum atomic E-state index is -0.00422. The van der Waals surface area contributed by atoms with E-state index in [4.69, 9.17) is 10.1 Å². The first-order valence-corrected chi connectivity index (χ1v) is 11.8. The Morgan fingerprint density at radius 3 is 2.26 bits per heavy atom. The summed E-state index contributed by atoms with van der Waals surface area (Å²) in [6.07, 6.45) is 2.81. The molecule has 1 aromatic carbocycles. The molecule has 174 valence electrons. The van der Waals surface area contributed by atoms with Crippen LogP contribution < -0.4 is 5.56 Å². The van der Waals surface area contributed by atoms with Gasteiger partial charge in [-0.05, 0) is 69.4 Å². The van der Waals surface area contributed by atoms with Crippen molar-refractivity contribution < 1.29 is 0 Å². The molecule has 0 saturated heterocycles. The van der Waals surface area contributed by atoms with Crippen molar-refractivity contribution in [1.82, 2.24) is 23.7 Å². The van der Waals surface area contributed by atoms with Gasteiger partial charge in [0.1, 0.15) is 5.65 Å². The minimum Gasteiger partial charge on any atom is -0.325 e. The third-order valence-electron chi connectivity index (χ3n) is 6.83. The van der Waals surface area contributed by atoms with Crippen LogP contribution in [0.15, 0.2) is 41.3 Å². The number of pyridine rings is 1. The summed E-state index contributed by atoms with van der Waals surface area (Å²) in [5, 5.41) is 6.13. The molecule has 34 heavy (non-hydrogen) atoms. The van der Waals surface area contributed by atoms with Gasteiger partial charge in [0.05, 0.1) is 23.5 Å². The van der Waals surface area contributed by atoms with Crippen LogP contribution in [0, 0.1) is 34.6 Å². The minimum absolute atomic E-state index is 0.00422. The normalized spacial score (nSPS) is 11.7. The van der Waals surface area contributed by atoms with Gasteiger partial charge in [-0.1, -0.05) is 30.7 Å². The summed E-state index contributed by atoms with van der Waals surface area (Å²) in [4.78, 5) is 17.0. The molecule has 0 unspecified atom stereocenters. The van der Waals surface area contributed by atoms with Crippen LogP contribution in [0.1, 0.15) is 46.3 Å². The molecule has 4 heterocycles. The van der Waals surface area contributed by atoms with E-state index < -0.39 is 0 Å². The van der Waals surface area contributed by atoms with Gasteiger partial charge in [0.25, 0.3) is 0 Å². The molecule has 0 saturated carbocycles. The van der Waals surface area contributed by atoms with E-state index in [1.807, 2.05) is 16.8 Å². The summed E-state index contributed by atoms with van der Waals surface area (Å²) in [5.74, 6) is 0. The van der Waals surface area contributed by atoms with Crippen LogP contribution >= 0.6 is 0 Å². The van der Waals surface area contributed by atoms with Crippen molar-refractivity contribution in [3.8, 4) is 11.1 Å². The molecule has 0 fully saturated rings. The number of aromatic nitrogens is 5. The zero-order valence-electron chi connectivity index (χ0n) is 21.0. The molecular formula is C28H31N5O. The van der Waals surface area contributed by atoms with Gasteiger partial charge < -0.3 is 9.13 Å².